The Morgan fingerprint density at radius 2 is 2.10 bits per heavy atom. The molecule has 0 aliphatic heterocycles. The fourth-order valence-corrected chi connectivity index (χ4v) is 3.38. The van der Waals surface area contributed by atoms with Gasteiger partial charge in [-0.1, -0.05) is 19.9 Å². The largest absolute Gasteiger partial charge is 0.356 e. The van der Waals surface area contributed by atoms with Crippen LogP contribution in [-0.2, 0) is 12.0 Å². The van der Waals surface area contributed by atoms with Gasteiger partial charge in [0.25, 0.3) is 0 Å². The minimum Gasteiger partial charge on any atom is -0.356 e. The lowest BCUT2D eigenvalue weighted by molar-refractivity contribution is 0.518. The molecule has 0 spiro atoms. The van der Waals surface area contributed by atoms with Gasteiger partial charge in [0.2, 0.25) is 0 Å². The summed E-state index contributed by atoms with van der Waals surface area (Å²) in [6.07, 6.45) is 0. The van der Waals surface area contributed by atoms with Crippen LogP contribution in [-0.4, -0.2) is 19.6 Å². The SMILES string of the molecule is CN=C(NCc1ccsc1)NCC(C)(C)c1cccs1. The molecule has 0 radical (unpaired) electrons. The molecule has 0 aliphatic rings. The third-order valence-electron chi connectivity index (χ3n) is 3.15. The van der Waals surface area contributed by atoms with Crippen LogP contribution in [0.2, 0.25) is 0 Å². The van der Waals surface area contributed by atoms with E-state index in [1.54, 1.807) is 29.7 Å². The molecule has 0 bridgehead atoms. The molecule has 0 aliphatic carbocycles. The van der Waals surface area contributed by atoms with Crippen molar-refractivity contribution in [2.24, 2.45) is 4.99 Å². The Hall–Kier alpha value is -1.33. The monoisotopic (exact) mass is 307 g/mol. The molecule has 0 amide bonds. The summed E-state index contributed by atoms with van der Waals surface area (Å²) in [6.45, 7) is 6.16. The first-order valence-corrected chi connectivity index (χ1v) is 8.43. The lowest BCUT2D eigenvalue weighted by Gasteiger charge is -2.25. The first-order chi connectivity index (χ1) is 9.62. The topological polar surface area (TPSA) is 36.4 Å². The number of thiophene rings is 2. The summed E-state index contributed by atoms with van der Waals surface area (Å²) in [6, 6.07) is 6.42. The van der Waals surface area contributed by atoms with Crippen molar-refractivity contribution in [1.82, 2.24) is 10.6 Å². The van der Waals surface area contributed by atoms with Gasteiger partial charge in [0, 0.05) is 30.4 Å². The van der Waals surface area contributed by atoms with Crippen LogP contribution in [0.3, 0.4) is 0 Å². The van der Waals surface area contributed by atoms with Crippen LogP contribution in [0, 0.1) is 0 Å². The fraction of sp³-hybridized carbons (Fsp3) is 0.400. The van der Waals surface area contributed by atoms with Crippen molar-refractivity contribution in [1.29, 1.82) is 0 Å². The molecule has 0 saturated heterocycles. The highest BCUT2D eigenvalue weighted by atomic mass is 32.1. The predicted molar refractivity (Wildman–Crippen MR) is 89.9 cm³/mol. The molecule has 3 nitrogen and oxygen atoms in total. The van der Waals surface area contributed by atoms with Gasteiger partial charge in [-0.3, -0.25) is 4.99 Å². The summed E-state index contributed by atoms with van der Waals surface area (Å²) in [5, 5.41) is 13.1. The summed E-state index contributed by atoms with van der Waals surface area (Å²) in [7, 11) is 1.81. The molecule has 2 N–H and O–H groups in total. The van der Waals surface area contributed by atoms with Crippen molar-refractivity contribution >= 4 is 28.6 Å². The molecule has 108 valence electrons. The Bertz CT molecular complexity index is 527. The van der Waals surface area contributed by atoms with E-state index < -0.39 is 0 Å². The van der Waals surface area contributed by atoms with Gasteiger partial charge in [0.15, 0.2) is 5.96 Å². The summed E-state index contributed by atoms with van der Waals surface area (Å²) < 4.78 is 0. The Labute approximate surface area is 128 Å². The molecule has 0 atom stereocenters. The van der Waals surface area contributed by atoms with Crippen LogP contribution >= 0.6 is 22.7 Å². The van der Waals surface area contributed by atoms with Gasteiger partial charge >= 0.3 is 0 Å². The van der Waals surface area contributed by atoms with Crippen molar-refractivity contribution < 1.29 is 0 Å². The van der Waals surface area contributed by atoms with Gasteiger partial charge in [0.05, 0.1) is 0 Å². The molecule has 2 rings (SSSR count). The highest BCUT2D eigenvalue weighted by Gasteiger charge is 2.21. The maximum atomic E-state index is 4.27. The molecule has 0 fully saturated rings. The molecule has 2 heterocycles. The number of nitrogens with one attached hydrogen (secondary N) is 2. The van der Waals surface area contributed by atoms with E-state index in [0.29, 0.717) is 0 Å². The van der Waals surface area contributed by atoms with Crippen molar-refractivity contribution in [3.05, 3.63) is 44.8 Å². The third kappa shape index (κ3) is 4.08. The minimum absolute atomic E-state index is 0.105. The van der Waals surface area contributed by atoms with Crippen molar-refractivity contribution in [2.75, 3.05) is 13.6 Å². The summed E-state index contributed by atoms with van der Waals surface area (Å²) in [5.41, 5.74) is 1.39. The van der Waals surface area contributed by atoms with Crippen LogP contribution < -0.4 is 10.6 Å². The zero-order valence-corrected chi connectivity index (χ0v) is 13.8. The number of hydrogen-bond donors (Lipinski definition) is 2. The van der Waals surface area contributed by atoms with E-state index in [0.717, 1.165) is 19.0 Å². The number of guanidine groups is 1. The van der Waals surface area contributed by atoms with E-state index in [-0.39, 0.29) is 5.41 Å². The Kier molecular flexibility index (Phi) is 5.20. The average molecular weight is 307 g/mol. The molecule has 2 aromatic rings. The maximum absolute atomic E-state index is 4.27. The van der Waals surface area contributed by atoms with Crippen LogP contribution in [0.4, 0.5) is 0 Å². The minimum atomic E-state index is 0.105. The number of nitrogens with zero attached hydrogens (tertiary/aromatic N) is 1. The normalized spacial score (nSPS) is 12.4. The van der Waals surface area contributed by atoms with Crippen molar-refractivity contribution in [3.63, 3.8) is 0 Å². The average Bonchev–Trinajstić information content (AvgIpc) is 3.12. The molecule has 0 aromatic carbocycles. The van der Waals surface area contributed by atoms with Gasteiger partial charge in [-0.05, 0) is 33.8 Å². The highest BCUT2D eigenvalue weighted by molar-refractivity contribution is 7.10. The smallest absolute Gasteiger partial charge is 0.191 e. The number of aliphatic imine (C=N–C) groups is 1. The number of rotatable bonds is 5. The molecule has 0 unspecified atom stereocenters. The van der Waals surface area contributed by atoms with Crippen LogP contribution in [0.15, 0.2) is 39.3 Å². The summed E-state index contributed by atoms with van der Waals surface area (Å²) in [5.74, 6) is 0.848. The summed E-state index contributed by atoms with van der Waals surface area (Å²) in [4.78, 5) is 5.66. The molecule has 20 heavy (non-hydrogen) atoms. The second-order valence-electron chi connectivity index (χ2n) is 5.27. The third-order valence-corrected chi connectivity index (χ3v) is 5.12. The molecule has 2 aromatic heterocycles. The van der Waals surface area contributed by atoms with Gasteiger partial charge in [-0.15, -0.1) is 11.3 Å². The molecular weight excluding hydrogens is 286 g/mol. The first-order valence-electron chi connectivity index (χ1n) is 6.61. The van der Waals surface area contributed by atoms with E-state index in [1.807, 2.05) is 0 Å². The molecule has 0 saturated carbocycles. The lowest BCUT2D eigenvalue weighted by Crippen LogP contribution is -2.42. The predicted octanol–water partition coefficient (Wildman–Crippen LogP) is 3.45. The highest BCUT2D eigenvalue weighted by Crippen LogP contribution is 2.26. The lowest BCUT2D eigenvalue weighted by atomic mass is 9.91. The van der Waals surface area contributed by atoms with E-state index in [2.05, 4.69) is 63.8 Å². The van der Waals surface area contributed by atoms with Crippen LogP contribution in [0.5, 0.6) is 0 Å². The quantitative estimate of drug-likeness (QED) is 0.655. The first kappa shape index (κ1) is 15.1. The Morgan fingerprint density at radius 3 is 2.70 bits per heavy atom. The standard InChI is InChI=1S/C15H21N3S2/c1-15(2,13-5-4-7-20-13)11-18-14(16-3)17-9-12-6-8-19-10-12/h4-8,10H,9,11H2,1-3H3,(H2,16,17,18). The van der Waals surface area contributed by atoms with E-state index in [9.17, 15) is 0 Å². The fourth-order valence-electron chi connectivity index (χ4n) is 1.86. The Morgan fingerprint density at radius 1 is 1.25 bits per heavy atom. The van der Waals surface area contributed by atoms with E-state index in [1.165, 1.54) is 10.4 Å². The van der Waals surface area contributed by atoms with Gasteiger partial charge in [-0.2, -0.15) is 11.3 Å². The maximum Gasteiger partial charge on any atom is 0.191 e. The Balaban J connectivity index is 1.85. The van der Waals surface area contributed by atoms with Crippen molar-refractivity contribution in [2.45, 2.75) is 25.8 Å². The van der Waals surface area contributed by atoms with Gasteiger partial charge in [-0.25, -0.2) is 0 Å². The second kappa shape index (κ2) is 6.90. The van der Waals surface area contributed by atoms with Gasteiger partial charge < -0.3 is 10.6 Å². The zero-order chi connectivity index (χ0) is 14.4. The number of hydrogen-bond acceptors (Lipinski definition) is 3. The summed E-state index contributed by atoms with van der Waals surface area (Å²) >= 11 is 3.52. The van der Waals surface area contributed by atoms with E-state index >= 15 is 0 Å². The van der Waals surface area contributed by atoms with Crippen molar-refractivity contribution in [3.8, 4) is 0 Å². The van der Waals surface area contributed by atoms with Crippen LogP contribution in [0.25, 0.3) is 0 Å². The molecular formula is C15H21N3S2. The second-order valence-corrected chi connectivity index (χ2v) is 7.00. The zero-order valence-electron chi connectivity index (χ0n) is 12.1. The van der Waals surface area contributed by atoms with E-state index in [4.69, 9.17) is 0 Å². The van der Waals surface area contributed by atoms with Gasteiger partial charge in [0.1, 0.15) is 0 Å². The van der Waals surface area contributed by atoms with Crippen LogP contribution in [0.1, 0.15) is 24.3 Å². The molecule has 5 heteroatoms.